The largest absolute Gasteiger partial charge is 0.377 e. The second-order valence-electron chi connectivity index (χ2n) is 4.69. The number of ether oxygens (including phenoxy) is 2. The molecular formula is C15H19N3O3. The van der Waals surface area contributed by atoms with Crippen molar-refractivity contribution in [3.05, 3.63) is 29.6 Å². The highest BCUT2D eigenvalue weighted by Crippen LogP contribution is 2.19. The summed E-state index contributed by atoms with van der Waals surface area (Å²) in [6.07, 6.45) is 2.94. The van der Waals surface area contributed by atoms with Crippen LogP contribution in [0.2, 0.25) is 0 Å². The maximum atomic E-state index is 12.6. The lowest BCUT2D eigenvalue weighted by molar-refractivity contribution is -0.00461. The smallest absolute Gasteiger partial charge is 0.255 e. The molecule has 1 aromatic heterocycles. The first-order valence-electron chi connectivity index (χ1n) is 6.69. The molecule has 2 rings (SSSR count). The van der Waals surface area contributed by atoms with Crippen LogP contribution < -0.4 is 5.73 Å². The van der Waals surface area contributed by atoms with E-state index in [1.54, 1.807) is 37.6 Å². The SMILES string of the molecule is COC1CN(C(=O)c2ccncc2C#CCN)CC1OC. The first-order valence-corrected chi connectivity index (χ1v) is 6.69. The van der Waals surface area contributed by atoms with E-state index in [2.05, 4.69) is 16.8 Å². The first-order chi connectivity index (χ1) is 10.2. The van der Waals surface area contributed by atoms with Gasteiger partial charge in [0, 0.05) is 39.7 Å². The molecule has 0 spiro atoms. The third-order valence-corrected chi connectivity index (χ3v) is 3.48. The van der Waals surface area contributed by atoms with Crippen molar-refractivity contribution in [1.82, 2.24) is 9.88 Å². The molecule has 2 unspecified atom stereocenters. The van der Waals surface area contributed by atoms with Gasteiger partial charge in [-0.25, -0.2) is 0 Å². The van der Waals surface area contributed by atoms with Crippen molar-refractivity contribution in [3.8, 4) is 11.8 Å². The number of carbonyl (C=O) groups is 1. The van der Waals surface area contributed by atoms with Crippen LogP contribution in [-0.2, 0) is 9.47 Å². The Bertz CT molecular complexity index is 553. The summed E-state index contributed by atoms with van der Waals surface area (Å²) >= 11 is 0. The van der Waals surface area contributed by atoms with Gasteiger partial charge in [0.1, 0.15) is 12.2 Å². The number of carbonyl (C=O) groups excluding carboxylic acids is 1. The van der Waals surface area contributed by atoms with E-state index < -0.39 is 0 Å². The van der Waals surface area contributed by atoms with Gasteiger partial charge in [0.2, 0.25) is 0 Å². The van der Waals surface area contributed by atoms with Gasteiger partial charge < -0.3 is 20.1 Å². The van der Waals surface area contributed by atoms with Crippen molar-refractivity contribution in [1.29, 1.82) is 0 Å². The average molecular weight is 289 g/mol. The molecule has 0 bridgehead atoms. The van der Waals surface area contributed by atoms with Gasteiger partial charge in [-0.1, -0.05) is 11.8 Å². The molecule has 0 saturated carbocycles. The molecule has 1 amide bonds. The summed E-state index contributed by atoms with van der Waals surface area (Å²) < 4.78 is 10.7. The third-order valence-electron chi connectivity index (χ3n) is 3.48. The number of hydrogen-bond donors (Lipinski definition) is 1. The predicted octanol–water partition coefficient (Wildman–Crippen LogP) is -0.122. The number of pyridine rings is 1. The van der Waals surface area contributed by atoms with E-state index in [0.717, 1.165) is 0 Å². The topological polar surface area (TPSA) is 77.7 Å². The van der Waals surface area contributed by atoms with Crippen molar-refractivity contribution >= 4 is 5.91 Å². The van der Waals surface area contributed by atoms with Gasteiger partial charge in [0.05, 0.1) is 17.7 Å². The number of aromatic nitrogens is 1. The Morgan fingerprint density at radius 3 is 2.67 bits per heavy atom. The highest BCUT2D eigenvalue weighted by molar-refractivity contribution is 5.96. The lowest BCUT2D eigenvalue weighted by atomic mass is 10.1. The molecule has 2 N–H and O–H groups in total. The number of methoxy groups -OCH3 is 2. The average Bonchev–Trinajstić information content (AvgIpc) is 2.95. The summed E-state index contributed by atoms with van der Waals surface area (Å²) in [4.78, 5) is 18.4. The van der Waals surface area contributed by atoms with E-state index >= 15 is 0 Å². The molecule has 6 heteroatoms. The number of amides is 1. The van der Waals surface area contributed by atoms with Gasteiger partial charge >= 0.3 is 0 Å². The quantitative estimate of drug-likeness (QED) is 0.785. The molecule has 0 aromatic carbocycles. The molecule has 1 aromatic rings. The standard InChI is InChI=1S/C15H19N3O3/c1-20-13-9-18(10-14(13)21-2)15(19)12-5-7-17-8-11(12)4-3-6-16/h5,7-8,13-14H,6,9-10,16H2,1-2H3. The van der Waals surface area contributed by atoms with Crippen LogP contribution in [0.15, 0.2) is 18.5 Å². The van der Waals surface area contributed by atoms with Crippen molar-refractivity contribution < 1.29 is 14.3 Å². The molecule has 1 aliphatic heterocycles. The van der Waals surface area contributed by atoms with Crippen LogP contribution in [0.4, 0.5) is 0 Å². The highest BCUT2D eigenvalue weighted by atomic mass is 16.5. The number of hydrogen-bond acceptors (Lipinski definition) is 5. The van der Waals surface area contributed by atoms with Gasteiger partial charge in [0.25, 0.3) is 5.91 Å². The number of rotatable bonds is 3. The second kappa shape index (κ2) is 7.18. The molecule has 1 fully saturated rings. The summed E-state index contributed by atoms with van der Waals surface area (Å²) in [5.74, 6) is 5.53. The zero-order chi connectivity index (χ0) is 15.2. The zero-order valence-corrected chi connectivity index (χ0v) is 12.2. The minimum absolute atomic E-state index is 0.0969. The Kier molecular flexibility index (Phi) is 5.28. The van der Waals surface area contributed by atoms with Crippen molar-refractivity contribution in [2.24, 2.45) is 5.73 Å². The summed E-state index contributed by atoms with van der Waals surface area (Å²) in [6.45, 7) is 1.24. The van der Waals surface area contributed by atoms with Gasteiger partial charge in [-0.2, -0.15) is 0 Å². The van der Waals surface area contributed by atoms with E-state index in [1.165, 1.54) is 0 Å². The summed E-state index contributed by atoms with van der Waals surface area (Å²) in [7, 11) is 3.24. The molecule has 1 saturated heterocycles. The van der Waals surface area contributed by atoms with Crippen LogP contribution in [-0.4, -0.2) is 61.9 Å². The first kappa shape index (κ1) is 15.4. The molecule has 2 atom stereocenters. The Morgan fingerprint density at radius 2 is 2.10 bits per heavy atom. The fourth-order valence-electron chi connectivity index (χ4n) is 2.36. The molecule has 0 aliphatic carbocycles. The molecule has 6 nitrogen and oxygen atoms in total. The third kappa shape index (κ3) is 3.39. The molecule has 2 heterocycles. The Morgan fingerprint density at radius 1 is 1.43 bits per heavy atom. The van der Waals surface area contributed by atoms with Gasteiger partial charge in [-0.05, 0) is 6.07 Å². The predicted molar refractivity (Wildman–Crippen MR) is 77.7 cm³/mol. The fourth-order valence-corrected chi connectivity index (χ4v) is 2.36. The van der Waals surface area contributed by atoms with Crippen LogP contribution in [0.5, 0.6) is 0 Å². The van der Waals surface area contributed by atoms with Crippen LogP contribution in [0.3, 0.4) is 0 Å². The van der Waals surface area contributed by atoms with Gasteiger partial charge in [-0.15, -0.1) is 0 Å². The van der Waals surface area contributed by atoms with Crippen LogP contribution in [0, 0.1) is 11.8 Å². The van der Waals surface area contributed by atoms with E-state index in [9.17, 15) is 4.79 Å². The molecular weight excluding hydrogens is 270 g/mol. The number of nitrogens with zero attached hydrogens (tertiary/aromatic N) is 2. The van der Waals surface area contributed by atoms with Crippen LogP contribution in [0.25, 0.3) is 0 Å². The Balaban J connectivity index is 2.21. The summed E-state index contributed by atoms with van der Waals surface area (Å²) in [5, 5.41) is 0. The molecule has 21 heavy (non-hydrogen) atoms. The molecule has 0 radical (unpaired) electrons. The second-order valence-corrected chi connectivity index (χ2v) is 4.69. The Hall–Kier alpha value is -1.94. The molecule has 1 aliphatic rings. The van der Waals surface area contributed by atoms with Crippen LogP contribution >= 0.6 is 0 Å². The normalized spacial score (nSPS) is 21.0. The van der Waals surface area contributed by atoms with E-state index in [-0.39, 0.29) is 24.7 Å². The maximum absolute atomic E-state index is 12.6. The van der Waals surface area contributed by atoms with E-state index in [0.29, 0.717) is 24.2 Å². The van der Waals surface area contributed by atoms with Crippen molar-refractivity contribution in [3.63, 3.8) is 0 Å². The number of nitrogens with two attached hydrogens (primary N) is 1. The minimum atomic E-state index is -0.112. The summed E-state index contributed by atoms with van der Waals surface area (Å²) in [5.41, 5.74) is 6.49. The highest BCUT2D eigenvalue weighted by Gasteiger charge is 2.36. The number of likely N-dealkylation sites (tertiary alicyclic amines) is 1. The monoisotopic (exact) mass is 289 g/mol. The van der Waals surface area contributed by atoms with Gasteiger partial charge in [0.15, 0.2) is 0 Å². The van der Waals surface area contributed by atoms with Crippen LogP contribution in [0.1, 0.15) is 15.9 Å². The fraction of sp³-hybridized carbons (Fsp3) is 0.467. The van der Waals surface area contributed by atoms with E-state index in [4.69, 9.17) is 15.2 Å². The van der Waals surface area contributed by atoms with E-state index in [1.807, 2.05) is 0 Å². The molecule has 112 valence electrons. The Labute approximate surface area is 124 Å². The lowest BCUT2D eigenvalue weighted by Crippen LogP contribution is -2.30. The lowest BCUT2D eigenvalue weighted by Gasteiger charge is -2.16. The summed E-state index contributed by atoms with van der Waals surface area (Å²) in [6, 6.07) is 1.67. The van der Waals surface area contributed by atoms with Gasteiger partial charge in [-0.3, -0.25) is 9.78 Å². The maximum Gasteiger partial charge on any atom is 0.255 e. The minimum Gasteiger partial charge on any atom is -0.377 e. The van der Waals surface area contributed by atoms with Crippen molar-refractivity contribution in [2.75, 3.05) is 33.9 Å². The zero-order valence-electron chi connectivity index (χ0n) is 12.2. The van der Waals surface area contributed by atoms with Crippen molar-refractivity contribution in [2.45, 2.75) is 12.2 Å².